The fourth-order valence-corrected chi connectivity index (χ4v) is 6.76. The van der Waals surface area contributed by atoms with Crippen molar-refractivity contribution in [2.24, 2.45) is 11.8 Å². The highest BCUT2D eigenvalue weighted by Gasteiger charge is 2.43. The second kappa shape index (κ2) is 9.38. The van der Waals surface area contributed by atoms with E-state index in [1.807, 2.05) is 36.5 Å². The number of aromatic nitrogens is 1. The van der Waals surface area contributed by atoms with Gasteiger partial charge in [0.05, 0.1) is 10.6 Å². The topological polar surface area (TPSA) is 64.1 Å². The van der Waals surface area contributed by atoms with E-state index < -0.39 is 9.84 Å². The third-order valence-electron chi connectivity index (χ3n) is 7.47. The molecule has 0 radical (unpaired) electrons. The molecule has 2 fully saturated rings. The molecule has 1 aromatic heterocycles. The number of Topliss-reactive ketones (excluding diaryl/α,β-unsaturated/α-hetero) is 1. The molecule has 0 amide bonds. The molecule has 1 heterocycles. The van der Waals surface area contributed by atoms with E-state index in [4.69, 9.17) is 0 Å². The normalized spacial score (nSPS) is 21.2. The van der Waals surface area contributed by atoms with Crippen LogP contribution in [0.25, 0.3) is 10.8 Å². The molecule has 5 heteroatoms. The lowest BCUT2D eigenvalue weighted by atomic mass is 9.88. The number of hydrogen-bond acceptors (Lipinski definition) is 4. The van der Waals surface area contributed by atoms with Gasteiger partial charge in [-0.2, -0.15) is 0 Å². The molecule has 0 bridgehead atoms. The van der Waals surface area contributed by atoms with Crippen LogP contribution in [0.1, 0.15) is 62.0 Å². The number of carbonyl (C=O) groups is 1. The van der Waals surface area contributed by atoms with E-state index in [1.54, 1.807) is 18.3 Å². The second-order valence-electron chi connectivity index (χ2n) is 9.83. The van der Waals surface area contributed by atoms with Crippen molar-refractivity contribution in [2.45, 2.75) is 62.2 Å². The van der Waals surface area contributed by atoms with Gasteiger partial charge in [0.25, 0.3) is 0 Å². The maximum Gasteiger partial charge on any atom is 0.178 e. The number of rotatable bonds is 8. The predicted octanol–water partition coefficient (Wildman–Crippen LogP) is 5.89. The Kier molecular flexibility index (Phi) is 6.33. The highest BCUT2D eigenvalue weighted by molar-refractivity contribution is 7.91. The Hall–Kier alpha value is -2.53. The molecular formula is C28H31NO3S. The third-order valence-corrected chi connectivity index (χ3v) is 9.24. The molecule has 2 aliphatic rings. The van der Waals surface area contributed by atoms with Gasteiger partial charge >= 0.3 is 0 Å². The Morgan fingerprint density at radius 2 is 1.73 bits per heavy atom. The van der Waals surface area contributed by atoms with Crippen LogP contribution in [0.15, 0.2) is 65.8 Å². The third kappa shape index (κ3) is 5.19. The van der Waals surface area contributed by atoms with Crippen LogP contribution in [0.2, 0.25) is 0 Å². The van der Waals surface area contributed by atoms with Gasteiger partial charge in [-0.3, -0.25) is 9.78 Å². The number of benzene rings is 2. The second-order valence-corrected chi connectivity index (χ2v) is 11.9. The Bertz CT molecular complexity index is 1240. The van der Waals surface area contributed by atoms with Gasteiger partial charge in [-0.25, -0.2) is 8.42 Å². The highest BCUT2D eigenvalue weighted by Crippen LogP contribution is 2.48. The maximum absolute atomic E-state index is 12.8. The van der Waals surface area contributed by atoms with E-state index in [2.05, 4.69) is 11.1 Å². The van der Waals surface area contributed by atoms with Crippen molar-refractivity contribution in [2.75, 3.05) is 5.75 Å². The monoisotopic (exact) mass is 461 g/mol. The van der Waals surface area contributed by atoms with E-state index >= 15 is 0 Å². The lowest BCUT2D eigenvalue weighted by molar-refractivity contribution is -0.119. The van der Waals surface area contributed by atoms with Crippen molar-refractivity contribution >= 4 is 26.4 Å². The molecule has 2 aromatic carbocycles. The molecule has 3 aromatic rings. The number of nitrogens with zero attached hydrogens (tertiary/aromatic N) is 1. The average molecular weight is 462 g/mol. The summed E-state index contributed by atoms with van der Waals surface area (Å²) < 4.78 is 25.6. The number of pyridine rings is 1. The molecule has 2 aliphatic carbocycles. The quantitative estimate of drug-likeness (QED) is 0.419. The van der Waals surface area contributed by atoms with E-state index in [0.717, 1.165) is 34.7 Å². The molecule has 1 unspecified atom stereocenters. The number of carbonyl (C=O) groups excluding carboxylic acids is 1. The van der Waals surface area contributed by atoms with E-state index in [-0.39, 0.29) is 23.4 Å². The minimum Gasteiger partial charge on any atom is -0.299 e. The molecule has 2 atom stereocenters. The van der Waals surface area contributed by atoms with Crippen molar-refractivity contribution in [1.29, 1.82) is 0 Å². The van der Waals surface area contributed by atoms with Crippen molar-refractivity contribution in [1.82, 2.24) is 4.98 Å². The Labute approximate surface area is 196 Å². The van der Waals surface area contributed by atoms with Crippen LogP contribution in [0.4, 0.5) is 0 Å². The smallest absolute Gasteiger partial charge is 0.178 e. The van der Waals surface area contributed by atoms with Crippen LogP contribution in [0.3, 0.4) is 0 Å². The lowest BCUT2D eigenvalue weighted by Gasteiger charge is -2.21. The largest absolute Gasteiger partial charge is 0.299 e. The summed E-state index contributed by atoms with van der Waals surface area (Å²) in [7, 11) is -3.24. The van der Waals surface area contributed by atoms with Crippen molar-refractivity contribution in [3.63, 3.8) is 0 Å². The standard InChI is InChI=1S/C28H31NO3S/c30-28(17-21-6-7-24-19-29-14-12-23(24)16-21)27-18-26(27)22-8-10-25(11-9-22)33(31,32)15-13-20-4-2-1-3-5-20/h6-12,14,16,19-20,26-27H,1-5,13,15,17-18H2/t26?,27-/m1/s1. The van der Waals surface area contributed by atoms with E-state index in [9.17, 15) is 13.2 Å². The first kappa shape index (κ1) is 22.3. The molecule has 4 nitrogen and oxygen atoms in total. The molecular weight excluding hydrogens is 430 g/mol. The van der Waals surface area contributed by atoms with E-state index in [0.29, 0.717) is 17.2 Å². The summed E-state index contributed by atoms with van der Waals surface area (Å²) in [5.41, 5.74) is 2.10. The Morgan fingerprint density at radius 3 is 2.52 bits per heavy atom. The van der Waals surface area contributed by atoms with Crippen molar-refractivity contribution < 1.29 is 13.2 Å². The highest BCUT2D eigenvalue weighted by atomic mass is 32.2. The summed E-state index contributed by atoms with van der Waals surface area (Å²) in [4.78, 5) is 17.4. The number of fused-ring (bicyclic) bond motifs is 1. The van der Waals surface area contributed by atoms with Crippen LogP contribution in [-0.4, -0.2) is 24.9 Å². The Morgan fingerprint density at radius 1 is 0.939 bits per heavy atom. The lowest BCUT2D eigenvalue weighted by Crippen LogP contribution is -2.14. The summed E-state index contributed by atoms with van der Waals surface area (Å²) in [6.07, 6.45) is 11.8. The molecule has 5 rings (SSSR count). The summed E-state index contributed by atoms with van der Waals surface area (Å²) in [5, 5.41) is 2.18. The fraction of sp³-hybridized carbons (Fsp3) is 0.429. The van der Waals surface area contributed by atoms with Gasteiger partial charge in [0.15, 0.2) is 9.84 Å². The molecule has 0 saturated heterocycles. The average Bonchev–Trinajstić information content (AvgIpc) is 3.65. The summed E-state index contributed by atoms with van der Waals surface area (Å²) in [6, 6.07) is 15.4. The predicted molar refractivity (Wildman–Crippen MR) is 131 cm³/mol. The van der Waals surface area contributed by atoms with E-state index in [1.165, 1.54) is 32.1 Å². The van der Waals surface area contributed by atoms with Gasteiger partial charge in [-0.05, 0) is 59.4 Å². The first-order valence-corrected chi connectivity index (χ1v) is 13.8. The molecule has 0 spiro atoms. The first-order valence-electron chi connectivity index (χ1n) is 12.2. The fourth-order valence-electron chi connectivity index (χ4n) is 5.33. The van der Waals surface area contributed by atoms with Crippen LogP contribution in [0.5, 0.6) is 0 Å². The molecule has 2 saturated carbocycles. The van der Waals surface area contributed by atoms with Gasteiger partial charge in [0, 0.05) is 30.1 Å². The molecule has 33 heavy (non-hydrogen) atoms. The zero-order valence-electron chi connectivity index (χ0n) is 18.9. The van der Waals surface area contributed by atoms with Gasteiger partial charge in [-0.15, -0.1) is 0 Å². The van der Waals surface area contributed by atoms with Crippen molar-refractivity contribution in [3.05, 3.63) is 72.1 Å². The minimum absolute atomic E-state index is 0.0342. The van der Waals surface area contributed by atoms with Gasteiger partial charge in [-0.1, -0.05) is 62.4 Å². The number of hydrogen-bond donors (Lipinski definition) is 0. The maximum atomic E-state index is 12.8. The summed E-state index contributed by atoms with van der Waals surface area (Å²) in [5.74, 6) is 1.31. The number of sulfone groups is 1. The SMILES string of the molecule is O=C(Cc1ccc2cnccc2c1)[C@@H]1CC1c1ccc(S(=O)(=O)CCC2CCCCC2)cc1. The van der Waals surface area contributed by atoms with Crippen LogP contribution < -0.4 is 0 Å². The van der Waals surface area contributed by atoms with Crippen LogP contribution >= 0.6 is 0 Å². The van der Waals surface area contributed by atoms with Gasteiger partial charge in [0.1, 0.15) is 5.78 Å². The molecule has 0 aliphatic heterocycles. The zero-order chi connectivity index (χ0) is 22.8. The van der Waals surface area contributed by atoms with Crippen LogP contribution in [-0.2, 0) is 21.1 Å². The Balaban J connectivity index is 1.18. The zero-order valence-corrected chi connectivity index (χ0v) is 19.8. The first-order chi connectivity index (χ1) is 16.0. The number of ketones is 1. The molecule has 0 N–H and O–H groups in total. The minimum atomic E-state index is -3.24. The summed E-state index contributed by atoms with van der Waals surface area (Å²) >= 11 is 0. The van der Waals surface area contributed by atoms with Crippen LogP contribution in [0, 0.1) is 11.8 Å². The summed E-state index contributed by atoms with van der Waals surface area (Å²) in [6.45, 7) is 0. The van der Waals surface area contributed by atoms with Crippen molar-refractivity contribution in [3.8, 4) is 0 Å². The molecule has 172 valence electrons. The van der Waals surface area contributed by atoms with Gasteiger partial charge < -0.3 is 0 Å². The van der Waals surface area contributed by atoms with Gasteiger partial charge in [0.2, 0.25) is 0 Å².